The highest BCUT2D eigenvalue weighted by Gasteiger charge is 2.27. The summed E-state index contributed by atoms with van der Waals surface area (Å²) in [6, 6.07) is 17.4. The van der Waals surface area contributed by atoms with Gasteiger partial charge in [-0.25, -0.2) is 0 Å². The lowest BCUT2D eigenvalue weighted by Gasteiger charge is -2.14. The first-order chi connectivity index (χ1) is 19.2. The first-order valence-electron chi connectivity index (χ1n) is 13.2. The van der Waals surface area contributed by atoms with Gasteiger partial charge >= 0.3 is 5.97 Å². The molecule has 5 rings (SSSR count). The van der Waals surface area contributed by atoms with Crippen molar-refractivity contribution in [2.75, 3.05) is 26.1 Å². The van der Waals surface area contributed by atoms with Crippen LogP contribution < -0.4 is 18.9 Å². The summed E-state index contributed by atoms with van der Waals surface area (Å²) in [5.74, 6) is 1.70. The molecule has 2 aliphatic rings. The summed E-state index contributed by atoms with van der Waals surface area (Å²) in [7, 11) is -2.35. The van der Waals surface area contributed by atoms with Gasteiger partial charge in [-0.05, 0) is 60.4 Å². The van der Waals surface area contributed by atoms with Crippen LogP contribution in [0.15, 0.2) is 54.6 Å². The van der Waals surface area contributed by atoms with Gasteiger partial charge in [0.25, 0.3) is 10.1 Å². The summed E-state index contributed by atoms with van der Waals surface area (Å²) < 4.78 is 51.3. The molecule has 0 amide bonds. The van der Waals surface area contributed by atoms with Crippen LogP contribution in [0.4, 0.5) is 0 Å². The number of hydrogen-bond acceptors (Lipinski definition) is 8. The van der Waals surface area contributed by atoms with Crippen LogP contribution in [-0.2, 0) is 32.1 Å². The van der Waals surface area contributed by atoms with E-state index in [0.29, 0.717) is 43.3 Å². The van der Waals surface area contributed by atoms with Crippen molar-refractivity contribution >= 4 is 16.1 Å². The Morgan fingerprint density at radius 1 is 1.00 bits per heavy atom. The zero-order valence-corrected chi connectivity index (χ0v) is 23.2. The first kappa shape index (κ1) is 27.8. The molecule has 1 N–H and O–H groups in total. The summed E-state index contributed by atoms with van der Waals surface area (Å²) in [6.45, 7) is 2.98. The molecule has 2 heterocycles. The van der Waals surface area contributed by atoms with Gasteiger partial charge in [-0.1, -0.05) is 18.2 Å². The monoisotopic (exact) mass is 568 g/mol. The van der Waals surface area contributed by atoms with Gasteiger partial charge in [0.1, 0.15) is 29.6 Å². The minimum atomic E-state index is -3.50. The van der Waals surface area contributed by atoms with E-state index in [2.05, 4.69) is 10.2 Å². The zero-order valence-electron chi connectivity index (χ0n) is 22.4. The summed E-state index contributed by atoms with van der Waals surface area (Å²) in [6.07, 6.45) is 1.03. The van der Waals surface area contributed by atoms with E-state index in [-0.39, 0.29) is 30.8 Å². The third-order valence-corrected chi connectivity index (χ3v) is 8.30. The van der Waals surface area contributed by atoms with Gasteiger partial charge in [0.15, 0.2) is 0 Å². The van der Waals surface area contributed by atoms with Crippen molar-refractivity contribution in [2.45, 2.75) is 44.8 Å². The van der Waals surface area contributed by atoms with Crippen molar-refractivity contribution in [2.24, 2.45) is 0 Å². The van der Waals surface area contributed by atoms with E-state index in [1.807, 2.05) is 55.5 Å². The van der Waals surface area contributed by atoms with Crippen LogP contribution in [0, 0.1) is 0 Å². The van der Waals surface area contributed by atoms with Crippen LogP contribution in [0.3, 0.4) is 0 Å². The van der Waals surface area contributed by atoms with Crippen molar-refractivity contribution in [1.82, 2.24) is 0 Å². The number of carboxylic acids is 1. The van der Waals surface area contributed by atoms with Gasteiger partial charge in [-0.15, -0.1) is 0 Å². The van der Waals surface area contributed by atoms with Crippen molar-refractivity contribution in [1.29, 1.82) is 0 Å². The van der Waals surface area contributed by atoms with Crippen LogP contribution in [0.2, 0.25) is 0 Å². The maximum Gasteiger partial charge on any atom is 0.304 e. The number of aliphatic carboxylic acids is 1. The van der Waals surface area contributed by atoms with Crippen LogP contribution in [0.5, 0.6) is 23.0 Å². The Morgan fingerprint density at radius 2 is 1.80 bits per heavy atom. The van der Waals surface area contributed by atoms with Crippen LogP contribution in [-0.4, -0.2) is 51.7 Å². The van der Waals surface area contributed by atoms with Crippen LogP contribution in [0.25, 0.3) is 11.1 Å². The van der Waals surface area contributed by atoms with Gasteiger partial charge in [0.2, 0.25) is 0 Å². The highest BCUT2D eigenvalue weighted by atomic mass is 32.2. The molecule has 3 aromatic rings. The van der Waals surface area contributed by atoms with Crippen LogP contribution in [0.1, 0.15) is 42.4 Å². The van der Waals surface area contributed by atoms with Crippen molar-refractivity contribution in [3.8, 4) is 34.1 Å². The molecule has 40 heavy (non-hydrogen) atoms. The molecule has 0 spiro atoms. The molecule has 0 radical (unpaired) electrons. The van der Waals surface area contributed by atoms with Gasteiger partial charge in [-0.2, -0.15) is 8.42 Å². The maximum absolute atomic E-state index is 11.5. The number of fused-ring (bicyclic) bond motifs is 4. The highest BCUT2D eigenvalue weighted by Crippen LogP contribution is 2.40. The second-order valence-corrected chi connectivity index (χ2v) is 11.9. The first-order valence-corrected chi connectivity index (χ1v) is 14.7. The van der Waals surface area contributed by atoms with Crippen LogP contribution >= 0.6 is 0 Å². The Labute approximate surface area is 233 Å². The number of carbonyl (C=O) groups is 1. The Bertz CT molecular complexity index is 1500. The molecule has 3 aromatic carbocycles. The predicted molar refractivity (Wildman–Crippen MR) is 148 cm³/mol. The quantitative estimate of drug-likeness (QED) is 0.253. The third kappa shape index (κ3) is 6.51. The van der Waals surface area contributed by atoms with E-state index < -0.39 is 16.1 Å². The Hall–Kier alpha value is -3.76. The molecule has 0 fully saturated rings. The second kappa shape index (κ2) is 11.8. The standard InChI is InChI=1S/C30H32O9S/c1-19-12-21-14-23(36-10-3-11-40(33,34)35-2)5-7-25(21)27-13-20(4-9-28(27)39-19)17-37-24-6-8-26-22(15-30(31)32)18-38-29(26)16-24/h4-9,13-14,16,19,22H,3,10-12,15,17-18H2,1-2H3,(H,31,32)/t19-,22-/m1/s1. The Balaban J connectivity index is 1.28. The summed E-state index contributed by atoms with van der Waals surface area (Å²) in [5.41, 5.74) is 4.95. The van der Waals surface area contributed by atoms with E-state index in [1.165, 1.54) is 0 Å². The molecule has 0 unspecified atom stereocenters. The molecule has 2 atom stereocenters. The minimum Gasteiger partial charge on any atom is -0.494 e. The van der Waals surface area contributed by atoms with E-state index in [9.17, 15) is 13.2 Å². The molecule has 212 valence electrons. The number of ether oxygens (including phenoxy) is 4. The summed E-state index contributed by atoms with van der Waals surface area (Å²) in [5, 5.41) is 9.11. The van der Waals surface area contributed by atoms with Gasteiger partial charge in [0, 0.05) is 29.5 Å². The lowest BCUT2D eigenvalue weighted by molar-refractivity contribution is -0.137. The lowest BCUT2D eigenvalue weighted by Crippen LogP contribution is -2.13. The van der Waals surface area contributed by atoms with Crippen molar-refractivity contribution in [3.63, 3.8) is 0 Å². The SMILES string of the molecule is COS(=O)(=O)CCCOc1ccc2c(c1)C[C@@H](C)Oc1ccc(COc3ccc4c(c3)OC[C@H]4CC(=O)O)cc1-2. The summed E-state index contributed by atoms with van der Waals surface area (Å²) >= 11 is 0. The molecule has 9 nitrogen and oxygen atoms in total. The largest absolute Gasteiger partial charge is 0.494 e. The number of benzene rings is 3. The molecule has 10 heteroatoms. The highest BCUT2D eigenvalue weighted by molar-refractivity contribution is 7.86. The van der Waals surface area contributed by atoms with E-state index in [0.717, 1.165) is 40.7 Å². The molecule has 2 aliphatic heterocycles. The van der Waals surface area contributed by atoms with E-state index in [1.54, 1.807) is 0 Å². The average Bonchev–Trinajstić information content (AvgIpc) is 3.25. The van der Waals surface area contributed by atoms with E-state index >= 15 is 0 Å². The number of carboxylic acid groups (broad SMARTS) is 1. The summed E-state index contributed by atoms with van der Waals surface area (Å²) in [4.78, 5) is 11.1. The fraction of sp³-hybridized carbons (Fsp3) is 0.367. The molecule has 0 aromatic heterocycles. The number of hydrogen-bond donors (Lipinski definition) is 1. The molecule has 0 aliphatic carbocycles. The molecular formula is C30H32O9S. The maximum atomic E-state index is 11.5. The fourth-order valence-electron chi connectivity index (χ4n) is 5.04. The third-order valence-electron chi connectivity index (χ3n) is 7.00. The predicted octanol–water partition coefficient (Wildman–Crippen LogP) is 4.95. The Kier molecular flexibility index (Phi) is 8.18. The smallest absolute Gasteiger partial charge is 0.304 e. The zero-order chi connectivity index (χ0) is 28.3. The van der Waals surface area contributed by atoms with Crippen molar-refractivity contribution < 1.29 is 41.4 Å². The molecular weight excluding hydrogens is 536 g/mol. The second-order valence-electron chi connectivity index (χ2n) is 10.0. The normalized spacial score (nSPS) is 17.4. The lowest BCUT2D eigenvalue weighted by atomic mass is 9.95. The molecule has 0 saturated heterocycles. The minimum absolute atomic E-state index is 0.0385. The Morgan fingerprint density at radius 3 is 2.60 bits per heavy atom. The van der Waals surface area contributed by atoms with Gasteiger partial charge < -0.3 is 24.1 Å². The fourth-order valence-corrected chi connectivity index (χ4v) is 5.68. The molecule has 0 bridgehead atoms. The van der Waals surface area contributed by atoms with Crippen molar-refractivity contribution in [3.05, 3.63) is 71.3 Å². The van der Waals surface area contributed by atoms with Gasteiger partial charge in [-0.3, -0.25) is 8.98 Å². The number of rotatable bonds is 11. The molecule has 0 saturated carbocycles. The topological polar surface area (TPSA) is 118 Å². The van der Waals surface area contributed by atoms with Gasteiger partial charge in [0.05, 0.1) is 38.6 Å². The van der Waals surface area contributed by atoms with E-state index in [4.69, 9.17) is 24.1 Å². The average molecular weight is 569 g/mol.